The number of likely N-dealkylation sites (N-methyl/N-ethyl adjacent to an activating group) is 1. The second kappa shape index (κ2) is 7.80. The first kappa shape index (κ1) is 20.1. The van der Waals surface area contributed by atoms with Crippen LogP contribution in [0.4, 0.5) is 0 Å². The summed E-state index contributed by atoms with van der Waals surface area (Å²) in [5.41, 5.74) is -0.397. The molecule has 2 aliphatic rings. The highest BCUT2D eigenvalue weighted by Gasteiger charge is 2.53. The smallest absolute Gasteiger partial charge is 0.247 e. The average molecular weight is 395 g/mol. The van der Waals surface area contributed by atoms with E-state index in [2.05, 4.69) is 0 Å². The second-order valence-corrected chi connectivity index (χ2v) is 9.47. The van der Waals surface area contributed by atoms with Crippen LogP contribution in [0.5, 0.6) is 5.75 Å². The van der Waals surface area contributed by atoms with Crippen LogP contribution in [-0.4, -0.2) is 55.3 Å². The Kier molecular flexibility index (Phi) is 5.82. The van der Waals surface area contributed by atoms with E-state index in [4.69, 9.17) is 4.74 Å². The van der Waals surface area contributed by atoms with E-state index in [0.29, 0.717) is 18.8 Å². The molecule has 0 aromatic heterocycles. The van der Waals surface area contributed by atoms with Crippen LogP contribution >= 0.6 is 0 Å². The van der Waals surface area contributed by atoms with Gasteiger partial charge in [0.1, 0.15) is 10.6 Å². The van der Waals surface area contributed by atoms with E-state index >= 15 is 0 Å². The highest BCUT2D eigenvalue weighted by atomic mass is 32.2. The molecule has 0 radical (unpaired) electrons. The molecule has 3 rings (SSSR count). The Bertz CT molecular complexity index is 787. The molecule has 1 aliphatic carbocycles. The number of hydrogen-bond donors (Lipinski definition) is 0. The zero-order valence-electron chi connectivity index (χ0n) is 16.5. The standard InChI is InChI=1S/C20H30N2O4S/c1-4-21(16(2)23)17-14-20(12-8-5-9-13-20)22(15-17)27(24,25)19-11-7-6-10-18(19)26-3/h6-7,10-11,17H,4-5,8-9,12-15H2,1-3H3. The number of para-hydroxylation sites is 1. The predicted molar refractivity (Wildman–Crippen MR) is 104 cm³/mol. The van der Waals surface area contributed by atoms with E-state index in [1.165, 1.54) is 7.11 Å². The monoisotopic (exact) mass is 394 g/mol. The van der Waals surface area contributed by atoms with Gasteiger partial charge in [0, 0.05) is 31.6 Å². The molecule has 1 spiro atoms. The maximum absolute atomic E-state index is 13.7. The first-order valence-corrected chi connectivity index (χ1v) is 11.2. The van der Waals surface area contributed by atoms with Gasteiger partial charge in [-0.1, -0.05) is 31.4 Å². The predicted octanol–water partition coefficient (Wildman–Crippen LogP) is 3.03. The average Bonchev–Trinajstić information content (AvgIpc) is 3.01. The number of carbonyl (C=O) groups is 1. The third kappa shape index (κ3) is 3.59. The molecule has 1 unspecified atom stereocenters. The van der Waals surface area contributed by atoms with E-state index in [1.54, 1.807) is 35.5 Å². The first-order valence-electron chi connectivity index (χ1n) is 9.79. The van der Waals surface area contributed by atoms with Crippen LogP contribution in [0.1, 0.15) is 52.4 Å². The van der Waals surface area contributed by atoms with Crippen molar-refractivity contribution in [2.75, 3.05) is 20.2 Å². The lowest BCUT2D eigenvalue weighted by Crippen LogP contribution is -2.48. The number of rotatable bonds is 5. The molecule has 6 nitrogen and oxygen atoms in total. The summed E-state index contributed by atoms with van der Waals surface area (Å²) in [6, 6.07) is 6.72. The SMILES string of the molecule is CCN(C(C)=O)C1CN(S(=O)(=O)c2ccccc2OC)C2(CCCCC2)C1. The maximum atomic E-state index is 13.7. The van der Waals surface area contributed by atoms with Crippen LogP contribution in [0.15, 0.2) is 29.2 Å². The van der Waals surface area contributed by atoms with Crippen molar-refractivity contribution >= 4 is 15.9 Å². The minimum atomic E-state index is -3.72. The Morgan fingerprint density at radius 3 is 2.52 bits per heavy atom. The molecule has 150 valence electrons. The zero-order valence-corrected chi connectivity index (χ0v) is 17.3. The molecular formula is C20H30N2O4S. The fourth-order valence-electron chi connectivity index (χ4n) is 4.90. The maximum Gasteiger partial charge on any atom is 0.247 e. The van der Waals surface area contributed by atoms with Crippen molar-refractivity contribution in [2.45, 2.75) is 68.8 Å². The number of methoxy groups -OCH3 is 1. The van der Waals surface area contributed by atoms with Gasteiger partial charge in [-0.05, 0) is 38.3 Å². The molecule has 0 N–H and O–H groups in total. The van der Waals surface area contributed by atoms with Gasteiger partial charge in [0.25, 0.3) is 0 Å². The summed E-state index contributed by atoms with van der Waals surface area (Å²) in [4.78, 5) is 14.1. The van der Waals surface area contributed by atoms with E-state index in [0.717, 1.165) is 38.5 Å². The van der Waals surface area contributed by atoms with Crippen molar-refractivity contribution in [3.8, 4) is 5.75 Å². The van der Waals surface area contributed by atoms with Crippen LogP contribution in [0.25, 0.3) is 0 Å². The van der Waals surface area contributed by atoms with Gasteiger partial charge in [-0.3, -0.25) is 4.79 Å². The molecular weight excluding hydrogens is 364 g/mol. The molecule has 1 aromatic rings. The highest BCUT2D eigenvalue weighted by Crippen LogP contribution is 2.46. The lowest BCUT2D eigenvalue weighted by Gasteiger charge is -2.40. The molecule has 1 amide bonds. The number of carbonyl (C=O) groups excluding carboxylic acids is 1. The van der Waals surface area contributed by atoms with Crippen molar-refractivity contribution in [1.29, 1.82) is 0 Å². The molecule has 7 heteroatoms. The fourth-order valence-corrected chi connectivity index (χ4v) is 6.93. The number of sulfonamides is 1. The van der Waals surface area contributed by atoms with Gasteiger partial charge in [-0.2, -0.15) is 4.31 Å². The Labute approximate surface area is 162 Å². The third-order valence-electron chi connectivity index (χ3n) is 6.13. The number of benzene rings is 1. The van der Waals surface area contributed by atoms with Gasteiger partial charge in [-0.25, -0.2) is 8.42 Å². The van der Waals surface area contributed by atoms with Gasteiger partial charge >= 0.3 is 0 Å². The quantitative estimate of drug-likeness (QED) is 0.770. The van der Waals surface area contributed by atoms with Crippen LogP contribution in [0, 0.1) is 0 Å². The highest BCUT2D eigenvalue weighted by molar-refractivity contribution is 7.89. The largest absolute Gasteiger partial charge is 0.495 e. The summed E-state index contributed by atoms with van der Waals surface area (Å²) in [6.07, 6.45) is 5.61. The Morgan fingerprint density at radius 2 is 1.93 bits per heavy atom. The normalized spacial score (nSPS) is 22.7. The van der Waals surface area contributed by atoms with Crippen molar-refractivity contribution in [3.05, 3.63) is 24.3 Å². The molecule has 0 bridgehead atoms. The summed E-state index contributed by atoms with van der Waals surface area (Å²) >= 11 is 0. The zero-order chi connectivity index (χ0) is 19.7. The number of amides is 1. The minimum Gasteiger partial charge on any atom is -0.495 e. The molecule has 1 heterocycles. The molecule has 1 aromatic carbocycles. The molecule has 1 aliphatic heterocycles. The van der Waals surface area contributed by atoms with Crippen LogP contribution in [-0.2, 0) is 14.8 Å². The van der Waals surface area contributed by atoms with Gasteiger partial charge in [0.05, 0.1) is 7.11 Å². The molecule has 1 saturated heterocycles. The van der Waals surface area contributed by atoms with Gasteiger partial charge in [-0.15, -0.1) is 0 Å². The number of nitrogens with zero attached hydrogens (tertiary/aromatic N) is 2. The van der Waals surface area contributed by atoms with E-state index < -0.39 is 15.6 Å². The second-order valence-electron chi connectivity index (χ2n) is 7.63. The Hall–Kier alpha value is -1.60. The number of ether oxygens (including phenoxy) is 1. The molecule has 27 heavy (non-hydrogen) atoms. The first-order chi connectivity index (χ1) is 12.9. The molecule has 2 fully saturated rings. The molecule has 1 saturated carbocycles. The number of hydrogen-bond acceptors (Lipinski definition) is 4. The lowest BCUT2D eigenvalue weighted by atomic mass is 9.80. The van der Waals surface area contributed by atoms with E-state index in [1.807, 2.05) is 11.8 Å². The van der Waals surface area contributed by atoms with Crippen molar-refractivity contribution in [1.82, 2.24) is 9.21 Å². The van der Waals surface area contributed by atoms with Gasteiger partial charge in [0.15, 0.2) is 0 Å². The minimum absolute atomic E-state index is 0.00463. The Morgan fingerprint density at radius 1 is 1.26 bits per heavy atom. The summed E-state index contributed by atoms with van der Waals surface area (Å²) in [5, 5.41) is 0. The lowest BCUT2D eigenvalue weighted by molar-refractivity contribution is -0.130. The fraction of sp³-hybridized carbons (Fsp3) is 0.650. The molecule has 1 atom stereocenters. The summed E-state index contributed by atoms with van der Waals surface area (Å²) in [7, 11) is -2.23. The Balaban J connectivity index is 2.03. The summed E-state index contributed by atoms with van der Waals surface area (Å²) in [5.74, 6) is 0.371. The van der Waals surface area contributed by atoms with Crippen molar-refractivity contribution < 1.29 is 17.9 Å². The van der Waals surface area contributed by atoms with Crippen LogP contribution in [0.3, 0.4) is 0 Å². The van der Waals surface area contributed by atoms with Crippen LogP contribution < -0.4 is 4.74 Å². The van der Waals surface area contributed by atoms with E-state index in [-0.39, 0.29) is 16.8 Å². The van der Waals surface area contributed by atoms with Gasteiger partial charge in [0.2, 0.25) is 15.9 Å². The van der Waals surface area contributed by atoms with Crippen molar-refractivity contribution in [3.63, 3.8) is 0 Å². The topological polar surface area (TPSA) is 66.9 Å². The summed E-state index contributed by atoms with van der Waals surface area (Å²) in [6.45, 7) is 4.47. The van der Waals surface area contributed by atoms with Gasteiger partial charge < -0.3 is 9.64 Å². The van der Waals surface area contributed by atoms with Crippen molar-refractivity contribution in [2.24, 2.45) is 0 Å². The van der Waals surface area contributed by atoms with Crippen LogP contribution in [0.2, 0.25) is 0 Å². The third-order valence-corrected chi connectivity index (χ3v) is 8.14. The summed E-state index contributed by atoms with van der Waals surface area (Å²) < 4.78 is 34.3. The van der Waals surface area contributed by atoms with E-state index in [9.17, 15) is 13.2 Å².